The van der Waals surface area contributed by atoms with Crippen LogP contribution in [-0.2, 0) is 0 Å². The van der Waals surface area contributed by atoms with Gasteiger partial charge in [0, 0.05) is 24.6 Å². The minimum Gasteiger partial charge on any atom is -0.387 e. The molecule has 0 bridgehead atoms. The van der Waals surface area contributed by atoms with Crippen molar-refractivity contribution in [1.82, 2.24) is 4.98 Å². The quantitative estimate of drug-likeness (QED) is 0.593. The number of thioether (sulfide) groups is 1. The summed E-state index contributed by atoms with van der Waals surface area (Å²) in [5.41, 5.74) is -0.891. The van der Waals surface area contributed by atoms with E-state index in [1.165, 1.54) is 30.1 Å². The summed E-state index contributed by atoms with van der Waals surface area (Å²) in [6, 6.07) is 2.67. The van der Waals surface area contributed by atoms with Gasteiger partial charge in [-0.1, -0.05) is 0 Å². The molecule has 2 N–H and O–H groups in total. The lowest BCUT2D eigenvalue weighted by molar-refractivity contribution is -0.384. The molecule has 0 aliphatic rings. The van der Waals surface area contributed by atoms with Crippen LogP contribution in [0.2, 0.25) is 0 Å². The summed E-state index contributed by atoms with van der Waals surface area (Å²) in [6.07, 6.45) is 3.27. The summed E-state index contributed by atoms with van der Waals surface area (Å²) in [7, 11) is 0. The maximum absolute atomic E-state index is 10.6. The topological polar surface area (TPSA) is 88.3 Å². The number of rotatable bonds is 6. The average Bonchev–Trinajstić information content (AvgIpc) is 2.27. The van der Waals surface area contributed by atoms with Crippen molar-refractivity contribution in [3.8, 4) is 0 Å². The molecule has 1 rings (SSSR count). The number of aromatic nitrogens is 1. The van der Waals surface area contributed by atoms with Gasteiger partial charge >= 0.3 is 0 Å². The molecule has 0 saturated heterocycles. The minimum atomic E-state index is -0.869. The number of nitro groups is 1. The van der Waals surface area contributed by atoms with Crippen molar-refractivity contribution >= 4 is 23.3 Å². The Labute approximate surface area is 104 Å². The van der Waals surface area contributed by atoms with E-state index in [-0.39, 0.29) is 5.69 Å². The van der Waals surface area contributed by atoms with Gasteiger partial charge in [0.05, 0.1) is 16.6 Å². The Balaban J connectivity index is 2.63. The third-order valence-corrected chi connectivity index (χ3v) is 2.97. The summed E-state index contributed by atoms with van der Waals surface area (Å²) >= 11 is 1.53. The molecule has 0 spiro atoms. The first-order valence-electron chi connectivity index (χ1n) is 5.00. The monoisotopic (exact) mass is 257 g/mol. The fraction of sp³-hybridized carbons (Fsp3) is 0.500. The van der Waals surface area contributed by atoms with Crippen LogP contribution in [0.5, 0.6) is 0 Å². The lowest BCUT2D eigenvalue weighted by atomic mass is 10.1. The Morgan fingerprint density at radius 3 is 3.00 bits per heavy atom. The molecule has 17 heavy (non-hydrogen) atoms. The second kappa shape index (κ2) is 5.83. The van der Waals surface area contributed by atoms with E-state index in [0.717, 1.165) is 0 Å². The Morgan fingerprint density at radius 2 is 2.41 bits per heavy atom. The summed E-state index contributed by atoms with van der Waals surface area (Å²) in [4.78, 5) is 14.0. The van der Waals surface area contributed by atoms with Crippen molar-refractivity contribution in [1.29, 1.82) is 0 Å². The molecule has 94 valence electrons. The van der Waals surface area contributed by atoms with Crippen LogP contribution in [0.25, 0.3) is 0 Å². The van der Waals surface area contributed by atoms with Gasteiger partial charge in [0.1, 0.15) is 5.82 Å². The van der Waals surface area contributed by atoms with Gasteiger partial charge in [0.2, 0.25) is 0 Å². The van der Waals surface area contributed by atoms with Gasteiger partial charge in [0.25, 0.3) is 5.69 Å². The first kappa shape index (κ1) is 13.7. The molecule has 6 nitrogen and oxygen atoms in total. The highest BCUT2D eigenvalue weighted by Gasteiger charge is 2.19. The number of hydrogen-bond donors (Lipinski definition) is 2. The molecule has 0 radical (unpaired) electrons. The van der Waals surface area contributed by atoms with Gasteiger partial charge in [0.15, 0.2) is 0 Å². The number of hydrogen-bond acceptors (Lipinski definition) is 6. The van der Waals surface area contributed by atoms with Crippen LogP contribution in [0.4, 0.5) is 11.5 Å². The van der Waals surface area contributed by atoms with Crippen molar-refractivity contribution in [3.05, 3.63) is 28.4 Å². The molecule has 0 amide bonds. The molecule has 0 aliphatic heterocycles. The molecule has 1 heterocycles. The fourth-order valence-corrected chi connectivity index (χ4v) is 2.00. The number of nitrogens with zero attached hydrogens (tertiary/aromatic N) is 2. The second-order valence-corrected chi connectivity index (χ2v) is 4.81. The third kappa shape index (κ3) is 4.58. The number of anilines is 1. The fourth-order valence-electron chi connectivity index (χ4n) is 1.27. The smallest absolute Gasteiger partial charge is 0.274 e. The molecular formula is C10H15N3O3S. The summed E-state index contributed by atoms with van der Waals surface area (Å²) in [6.45, 7) is 2.00. The largest absolute Gasteiger partial charge is 0.387 e. The Morgan fingerprint density at radius 1 is 1.71 bits per heavy atom. The van der Waals surface area contributed by atoms with E-state index in [1.54, 1.807) is 6.92 Å². The van der Waals surface area contributed by atoms with E-state index >= 15 is 0 Å². The highest BCUT2D eigenvalue weighted by Crippen LogP contribution is 2.16. The van der Waals surface area contributed by atoms with E-state index in [2.05, 4.69) is 10.3 Å². The van der Waals surface area contributed by atoms with Gasteiger partial charge in [-0.05, 0) is 13.2 Å². The number of pyridine rings is 1. The number of aliphatic hydroxyl groups is 1. The molecule has 0 saturated carbocycles. The van der Waals surface area contributed by atoms with Crippen molar-refractivity contribution in [2.24, 2.45) is 0 Å². The molecule has 1 aromatic heterocycles. The molecule has 0 fully saturated rings. The SMILES string of the molecule is CSCC(C)(O)CNc1cc([N+](=O)[O-])ccn1. The molecule has 1 aromatic rings. The van der Waals surface area contributed by atoms with E-state index in [4.69, 9.17) is 0 Å². The van der Waals surface area contributed by atoms with Crippen molar-refractivity contribution < 1.29 is 10.0 Å². The minimum absolute atomic E-state index is 0.0213. The highest BCUT2D eigenvalue weighted by molar-refractivity contribution is 7.98. The second-order valence-electron chi connectivity index (χ2n) is 3.94. The first-order chi connectivity index (χ1) is 7.94. The van der Waals surface area contributed by atoms with Crippen LogP contribution in [-0.4, -0.2) is 39.2 Å². The van der Waals surface area contributed by atoms with Crippen LogP contribution < -0.4 is 5.32 Å². The van der Waals surface area contributed by atoms with Gasteiger partial charge in [-0.25, -0.2) is 4.98 Å². The molecule has 7 heteroatoms. The first-order valence-corrected chi connectivity index (χ1v) is 6.39. The molecule has 0 aromatic carbocycles. The maximum atomic E-state index is 10.6. The van der Waals surface area contributed by atoms with Crippen molar-refractivity contribution in [2.75, 3.05) is 23.9 Å². The van der Waals surface area contributed by atoms with Crippen molar-refractivity contribution in [2.45, 2.75) is 12.5 Å². The van der Waals surface area contributed by atoms with Gasteiger partial charge in [-0.2, -0.15) is 11.8 Å². The zero-order chi connectivity index (χ0) is 12.9. The van der Waals surface area contributed by atoms with Crippen LogP contribution in [0.3, 0.4) is 0 Å². The Hall–Kier alpha value is -1.34. The maximum Gasteiger partial charge on any atom is 0.274 e. The van der Waals surface area contributed by atoms with E-state index in [0.29, 0.717) is 18.1 Å². The predicted octanol–water partition coefficient (Wildman–Crippen LogP) is 1.52. The van der Waals surface area contributed by atoms with Crippen LogP contribution in [0.1, 0.15) is 6.92 Å². The Bertz CT molecular complexity index is 398. The standard InChI is InChI=1S/C10H15N3O3S/c1-10(14,7-17-2)6-12-9-5-8(13(15)16)3-4-11-9/h3-5,14H,6-7H2,1-2H3,(H,11,12). The summed E-state index contributed by atoms with van der Waals surface area (Å²) < 4.78 is 0. The highest BCUT2D eigenvalue weighted by atomic mass is 32.2. The molecule has 0 aliphatic carbocycles. The average molecular weight is 257 g/mol. The van der Waals surface area contributed by atoms with E-state index in [9.17, 15) is 15.2 Å². The summed E-state index contributed by atoms with van der Waals surface area (Å²) in [5, 5.41) is 23.3. The van der Waals surface area contributed by atoms with Gasteiger partial charge < -0.3 is 10.4 Å². The normalized spacial score (nSPS) is 14.1. The van der Waals surface area contributed by atoms with Crippen molar-refractivity contribution in [3.63, 3.8) is 0 Å². The zero-order valence-corrected chi connectivity index (χ0v) is 10.5. The lowest BCUT2D eigenvalue weighted by Gasteiger charge is -2.22. The zero-order valence-electron chi connectivity index (χ0n) is 9.71. The predicted molar refractivity (Wildman–Crippen MR) is 68.4 cm³/mol. The van der Waals surface area contributed by atoms with Crippen LogP contribution >= 0.6 is 11.8 Å². The molecule has 1 unspecified atom stereocenters. The van der Waals surface area contributed by atoms with E-state index in [1.807, 2.05) is 6.26 Å². The molecular weight excluding hydrogens is 242 g/mol. The van der Waals surface area contributed by atoms with Gasteiger partial charge in [-0.3, -0.25) is 10.1 Å². The molecule has 1 atom stereocenters. The van der Waals surface area contributed by atoms with Crippen LogP contribution in [0.15, 0.2) is 18.3 Å². The van der Waals surface area contributed by atoms with Crippen LogP contribution in [0, 0.1) is 10.1 Å². The van der Waals surface area contributed by atoms with Gasteiger partial charge in [-0.15, -0.1) is 0 Å². The lowest BCUT2D eigenvalue weighted by Crippen LogP contribution is -2.36. The van der Waals surface area contributed by atoms with E-state index < -0.39 is 10.5 Å². The Kier molecular flexibility index (Phi) is 4.71. The number of nitrogens with one attached hydrogen (secondary N) is 1. The third-order valence-electron chi connectivity index (χ3n) is 2.06. The summed E-state index contributed by atoms with van der Waals surface area (Å²) in [5.74, 6) is 0.968.